The smallest absolute Gasteiger partial charge is 0.220 e. The summed E-state index contributed by atoms with van der Waals surface area (Å²) in [5, 5.41) is 3.99. The van der Waals surface area contributed by atoms with Crippen molar-refractivity contribution in [3.8, 4) is 11.3 Å². The van der Waals surface area contributed by atoms with Crippen molar-refractivity contribution in [2.24, 2.45) is 5.92 Å². The standard InChI is InChI=1S/C18H19N3O3S/c22-18(12-14-8-11-25(23,24)13-14)20-10-7-17-19-9-6-16(21-17)15-4-2-1-3-5-15/h1-6,8-9,11,14H,7,10,12-13H2,(H,20,22)/t14-/m1/s1. The first-order chi connectivity index (χ1) is 12.0. The number of carbonyl (C=O) groups is 1. The summed E-state index contributed by atoms with van der Waals surface area (Å²) in [4.78, 5) is 20.6. The lowest BCUT2D eigenvalue weighted by Gasteiger charge is -2.08. The fourth-order valence-electron chi connectivity index (χ4n) is 2.68. The van der Waals surface area contributed by atoms with Crippen molar-refractivity contribution >= 4 is 15.7 Å². The van der Waals surface area contributed by atoms with E-state index in [0.29, 0.717) is 18.8 Å². The van der Waals surface area contributed by atoms with Crippen molar-refractivity contribution in [1.82, 2.24) is 15.3 Å². The summed E-state index contributed by atoms with van der Waals surface area (Å²) in [6.45, 7) is 0.417. The Morgan fingerprint density at radius 3 is 2.72 bits per heavy atom. The highest BCUT2D eigenvalue weighted by atomic mass is 32.2. The maximum absolute atomic E-state index is 11.9. The average molecular weight is 357 g/mol. The zero-order chi connectivity index (χ0) is 17.7. The molecule has 1 aliphatic heterocycles. The van der Waals surface area contributed by atoms with Crippen molar-refractivity contribution < 1.29 is 13.2 Å². The zero-order valence-electron chi connectivity index (χ0n) is 13.6. The van der Waals surface area contributed by atoms with Crippen LogP contribution in [-0.4, -0.2) is 36.6 Å². The minimum Gasteiger partial charge on any atom is -0.356 e. The van der Waals surface area contributed by atoms with Gasteiger partial charge in [0.15, 0.2) is 9.84 Å². The lowest BCUT2D eigenvalue weighted by atomic mass is 10.1. The van der Waals surface area contributed by atoms with Crippen LogP contribution in [0.2, 0.25) is 0 Å². The zero-order valence-corrected chi connectivity index (χ0v) is 14.4. The third-order valence-corrected chi connectivity index (χ3v) is 5.36. The number of aromatic nitrogens is 2. The SMILES string of the molecule is O=C(C[C@H]1C=CS(=O)(=O)C1)NCCc1nccc(-c2ccccc2)n1. The third kappa shape index (κ3) is 4.96. The Bertz CT molecular complexity index is 879. The number of amides is 1. The second-order valence-electron chi connectivity index (χ2n) is 5.95. The molecule has 2 aromatic rings. The first-order valence-electron chi connectivity index (χ1n) is 8.07. The number of rotatable bonds is 6. The van der Waals surface area contributed by atoms with Crippen molar-refractivity contribution in [3.63, 3.8) is 0 Å². The highest BCUT2D eigenvalue weighted by molar-refractivity contribution is 7.94. The van der Waals surface area contributed by atoms with Gasteiger partial charge < -0.3 is 5.32 Å². The molecule has 0 spiro atoms. The second-order valence-corrected chi connectivity index (χ2v) is 7.88. The first kappa shape index (κ1) is 17.3. The molecule has 0 fully saturated rings. The second kappa shape index (κ2) is 7.57. The molecule has 6 nitrogen and oxygen atoms in total. The minimum absolute atomic E-state index is 0.0165. The number of allylic oxidation sites excluding steroid dienone is 1. The summed E-state index contributed by atoms with van der Waals surface area (Å²) in [5.74, 6) is 0.279. The largest absolute Gasteiger partial charge is 0.356 e. The lowest BCUT2D eigenvalue weighted by molar-refractivity contribution is -0.121. The van der Waals surface area contributed by atoms with Crippen molar-refractivity contribution in [1.29, 1.82) is 0 Å². The van der Waals surface area contributed by atoms with Crippen LogP contribution >= 0.6 is 0 Å². The number of nitrogens with zero attached hydrogens (tertiary/aromatic N) is 2. The van der Waals surface area contributed by atoms with Crippen molar-refractivity contribution in [2.75, 3.05) is 12.3 Å². The number of hydrogen-bond acceptors (Lipinski definition) is 5. The molecule has 25 heavy (non-hydrogen) atoms. The van der Waals surface area contributed by atoms with E-state index in [1.807, 2.05) is 36.4 Å². The number of benzene rings is 1. The Kier molecular flexibility index (Phi) is 5.23. The van der Waals surface area contributed by atoms with E-state index in [1.54, 1.807) is 12.3 Å². The molecule has 2 heterocycles. The molecular formula is C18H19N3O3S. The number of hydrogen-bond donors (Lipinski definition) is 1. The van der Waals surface area contributed by atoms with Gasteiger partial charge in [-0.05, 0) is 6.07 Å². The fourth-order valence-corrected chi connectivity index (χ4v) is 4.08. The maximum atomic E-state index is 11.9. The van der Waals surface area contributed by atoms with Gasteiger partial charge in [0.25, 0.3) is 0 Å². The number of sulfone groups is 1. The van der Waals surface area contributed by atoms with Crippen LogP contribution in [0.5, 0.6) is 0 Å². The molecular weight excluding hydrogens is 338 g/mol. The molecule has 0 saturated carbocycles. The Balaban J connectivity index is 1.49. The normalized spacial score (nSPS) is 18.2. The molecule has 1 atom stereocenters. The summed E-state index contributed by atoms with van der Waals surface area (Å²) in [6.07, 6.45) is 3.99. The summed E-state index contributed by atoms with van der Waals surface area (Å²) >= 11 is 0. The van der Waals surface area contributed by atoms with Crippen LogP contribution in [0, 0.1) is 5.92 Å². The van der Waals surface area contributed by atoms with Gasteiger partial charge in [-0.1, -0.05) is 36.4 Å². The van der Waals surface area contributed by atoms with Gasteiger partial charge in [0.2, 0.25) is 5.91 Å². The summed E-state index contributed by atoms with van der Waals surface area (Å²) < 4.78 is 22.7. The summed E-state index contributed by atoms with van der Waals surface area (Å²) in [6, 6.07) is 11.7. The predicted octanol–water partition coefficient (Wildman–Crippen LogP) is 1.75. The van der Waals surface area contributed by atoms with Crippen LogP contribution in [0.1, 0.15) is 12.2 Å². The topological polar surface area (TPSA) is 89.0 Å². The summed E-state index contributed by atoms with van der Waals surface area (Å²) in [5.41, 5.74) is 1.86. The molecule has 0 bridgehead atoms. The van der Waals surface area contributed by atoms with E-state index in [1.165, 1.54) is 5.41 Å². The number of carbonyl (C=O) groups excluding carboxylic acids is 1. The van der Waals surface area contributed by atoms with Crippen molar-refractivity contribution in [2.45, 2.75) is 12.8 Å². The molecule has 0 radical (unpaired) electrons. The molecule has 1 amide bonds. The quantitative estimate of drug-likeness (QED) is 0.851. The van der Waals surface area contributed by atoms with E-state index in [-0.39, 0.29) is 24.0 Å². The first-order valence-corrected chi connectivity index (χ1v) is 9.78. The monoisotopic (exact) mass is 357 g/mol. The molecule has 1 aliphatic rings. The van der Waals surface area contributed by atoms with Gasteiger partial charge in [-0.15, -0.1) is 0 Å². The van der Waals surface area contributed by atoms with Crippen molar-refractivity contribution in [3.05, 3.63) is 59.9 Å². The van der Waals surface area contributed by atoms with Crippen LogP contribution in [0.4, 0.5) is 0 Å². The molecule has 1 N–H and O–H groups in total. The highest BCUT2D eigenvalue weighted by Crippen LogP contribution is 2.18. The Morgan fingerprint density at radius 1 is 1.20 bits per heavy atom. The molecule has 0 unspecified atom stereocenters. The molecule has 1 aromatic carbocycles. The van der Waals surface area contributed by atoms with Crippen LogP contribution in [0.3, 0.4) is 0 Å². The molecule has 0 aliphatic carbocycles. The molecule has 0 saturated heterocycles. The summed E-state index contributed by atoms with van der Waals surface area (Å²) in [7, 11) is -3.12. The third-order valence-electron chi connectivity index (χ3n) is 3.90. The van der Waals surface area contributed by atoms with Gasteiger partial charge >= 0.3 is 0 Å². The fraction of sp³-hybridized carbons (Fsp3) is 0.278. The Labute approximate surface area is 146 Å². The highest BCUT2D eigenvalue weighted by Gasteiger charge is 2.23. The lowest BCUT2D eigenvalue weighted by Crippen LogP contribution is -2.28. The van der Waals surface area contributed by atoms with Gasteiger partial charge in [-0.2, -0.15) is 0 Å². The van der Waals surface area contributed by atoms with Gasteiger partial charge in [0.05, 0.1) is 11.4 Å². The average Bonchev–Trinajstić information content (AvgIpc) is 2.94. The predicted molar refractivity (Wildman–Crippen MR) is 95.2 cm³/mol. The number of nitrogens with one attached hydrogen (secondary N) is 1. The Hall–Kier alpha value is -2.54. The van der Waals surface area contributed by atoms with Crippen LogP contribution in [0.15, 0.2) is 54.1 Å². The maximum Gasteiger partial charge on any atom is 0.220 e. The van der Waals surface area contributed by atoms with Crippen LogP contribution in [0.25, 0.3) is 11.3 Å². The van der Waals surface area contributed by atoms with Crippen LogP contribution in [-0.2, 0) is 21.1 Å². The van der Waals surface area contributed by atoms with E-state index in [2.05, 4.69) is 15.3 Å². The Morgan fingerprint density at radius 2 is 2.00 bits per heavy atom. The van der Waals surface area contributed by atoms with E-state index >= 15 is 0 Å². The molecule has 130 valence electrons. The van der Waals surface area contributed by atoms with Crippen LogP contribution < -0.4 is 5.32 Å². The van der Waals surface area contributed by atoms with Gasteiger partial charge in [-0.25, -0.2) is 18.4 Å². The van der Waals surface area contributed by atoms with E-state index in [9.17, 15) is 13.2 Å². The minimum atomic E-state index is -3.12. The molecule has 1 aromatic heterocycles. The van der Waals surface area contributed by atoms with Gasteiger partial charge in [0.1, 0.15) is 5.82 Å². The van der Waals surface area contributed by atoms with E-state index in [4.69, 9.17) is 0 Å². The van der Waals surface area contributed by atoms with E-state index < -0.39 is 9.84 Å². The molecule has 7 heteroatoms. The molecule has 3 rings (SSSR count). The van der Waals surface area contributed by atoms with E-state index in [0.717, 1.165) is 11.3 Å². The van der Waals surface area contributed by atoms with Gasteiger partial charge in [0, 0.05) is 42.5 Å². The van der Waals surface area contributed by atoms with Gasteiger partial charge in [-0.3, -0.25) is 4.79 Å².